The van der Waals surface area contributed by atoms with Gasteiger partial charge in [-0.05, 0) is 110 Å². The van der Waals surface area contributed by atoms with Crippen molar-refractivity contribution in [3.8, 4) is 56.0 Å². The molecular formula is C50H33NO. The SMILES string of the molecule is c1ccc(-c2ccccc2N(c2ccc(-c3ccc4ccccc4c3)cc2)c2cccc(-c3cc4c5c(cccc5c3)Oc3ccccc3-4)c2)cc1. The van der Waals surface area contributed by atoms with E-state index in [0.717, 1.165) is 45.1 Å². The number of rotatable bonds is 6. The molecule has 2 heteroatoms. The highest BCUT2D eigenvalue weighted by Crippen LogP contribution is 2.48. The van der Waals surface area contributed by atoms with E-state index in [9.17, 15) is 0 Å². The van der Waals surface area contributed by atoms with E-state index in [2.05, 4.69) is 199 Å². The zero-order chi connectivity index (χ0) is 34.4. The molecule has 244 valence electrons. The van der Waals surface area contributed by atoms with Crippen molar-refractivity contribution in [2.24, 2.45) is 0 Å². The lowest BCUT2D eigenvalue weighted by atomic mass is 9.90. The number of fused-ring (bicyclic) bond motifs is 3. The van der Waals surface area contributed by atoms with Crippen molar-refractivity contribution in [3.05, 3.63) is 200 Å². The first-order valence-corrected chi connectivity index (χ1v) is 17.8. The molecule has 0 bridgehead atoms. The van der Waals surface area contributed by atoms with E-state index >= 15 is 0 Å². The number of nitrogens with zero attached hydrogens (tertiary/aromatic N) is 1. The van der Waals surface area contributed by atoms with Gasteiger partial charge in [-0.25, -0.2) is 0 Å². The summed E-state index contributed by atoms with van der Waals surface area (Å²) in [5, 5.41) is 4.82. The van der Waals surface area contributed by atoms with Gasteiger partial charge in [0.05, 0.1) is 5.69 Å². The van der Waals surface area contributed by atoms with Gasteiger partial charge in [0.1, 0.15) is 11.5 Å². The van der Waals surface area contributed by atoms with Gasteiger partial charge in [0, 0.05) is 27.9 Å². The molecule has 9 aromatic carbocycles. The number of para-hydroxylation sites is 2. The Morgan fingerprint density at radius 2 is 0.942 bits per heavy atom. The van der Waals surface area contributed by atoms with E-state index in [1.54, 1.807) is 0 Å². The van der Waals surface area contributed by atoms with Crippen LogP contribution < -0.4 is 9.64 Å². The highest BCUT2D eigenvalue weighted by molar-refractivity contribution is 6.06. The van der Waals surface area contributed by atoms with Crippen LogP contribution in [-0.2, 0) is 0 Å². The quantitative estimate of drug-likeness (QED) is 0.176. The van der Waals surface area contributed by atoms with Crippen LogP contribution in [0, 0.1) is 0 Å². The molecule has 2 nitrogen and oxygen atoms in total. The molecule has 0 atom stereocenters. The molecule has 52 heavy (non-hydrogen) atoms. The van der Waals surface area contributed by atoms with Crippen LogP contribution in [0.3, 0.4) is 0 Å². The Morgan fingerprint density at radius 1 is 0.308 bits per heavy atom. The van der Waals surface area contributed by atoms with E-state index in [0.29, 0.717) is 0 Å². The first kappa shape index (κ1) is 30.0. The summed E-state index contributed by atoms with van der Waals surface area (Å²) in [6.07, 6.45) is 0. The molecule has 9 aromatic rings. The van der Waals surface area contributed by atoms with Crippen LogP contribution in [0.2, 0.25) is 0 Å². The molecule has 0 spiro atoms. The summed E-state index contributed by atoms with van der Waals surface area (Å²) in [4.78, 5) is 2.39. The molecule has 10 rings (SSSR count). The average molecular weight is 664 g/mol. The monoisotopic (exact) mass is 663 g/mol. The first-order valence-electron chi connectivity index (χ1n) is 17.8. The van der Waals surface area contributed by atoms with Crippen LogP contribution in [0.4, 0.5) is 17.1 Å². The topological polar surface area (TPSA) is 12.5 Å². The summed E-state index contributed by atoms with van der Waals surface area (Å²) < 4.78 is 6.34. The molecule has 0 aliphatic carbocycles. The van der Waals surface area contributed by atoms with Crippen molar-refractivity contribution in [1.82, 2.24) is 0 Å². The van der Waals surface area contributed by atoms with Gasteiger partial charge >= 0.3 is 0 Å². The average Bonchev–Trinajstić information content (AvgIpc) is 3.22. The Bertz CT molecular complexity index is 2770. The Morgan fingerprint density at radius 3 is 1.83 bits per heavy atom. The minimum Gasteiger partial charge on any atom is -0.456 e. The second-order valence-electron chi connectivity index (χ2n) is 13.4. The molecule has 0 amide bonds. The van der Waals surface area contributed by atoms with Gasteiger partial charge < -0.3 is 9.64 Å². The molecule has 1 aliphatic rings. The highest BCUT2D eigenvalue weighted by atomic mass is 16.5. The lowest BCUT2D eigenvalue weighted by Crippen LogP contribution is -2.11. The van der Waals surface area contributed by atoms with Crippen LogP contribution in [0.1, 0.15) is 0 Å². The van der Waals surface area contributed by atoms with E-state index in [1.807, 2.05) is 6.07 Å². The second-order valence-corrected chi connectivity index (χ2v) is 13.4. The third kappa shape index (κ3) is 5.21. The molecule has 1 aliphatic heterocycles. The van der Waals surface area contributed by atoms with Crippen LogP contribution >= 0.6 is 0 Å². The van der Waals surface area contributed by atoms with E-state index in [-0.39, 0.29) is 0 Å². The van der Waals surface area contributed by atoms with Crippen molar-refractivity contribution < 1.29 is 4.74 Å². The second kappa shape index (κ2) is 12.5. The van der Waals surface area contributed by atoms with Crippen molar-refractivity contribution in [1.29, 1.82) is 0 Å². The van der Waals surface area contributed by atoms with Crippen LogP contribution in [-0.4, -0.2) is 0 Å². The largest absolute Gasteiger partial charge is 0.456 e. The summed E-state index contributed by atoms with van der Waals surface area (Å²) in [6.45, 7) is 0. The van der Waals surface area contributed by atoms with Gasteiger partial charge in [-0.3, -0.25) is 0 Å². The summed E-state index contributed by atoms with van der Waals surface area (Å²) in [6, 6.07) is 71.8. The van der Waals surface area contributed by atoms with Gasteiger partial charge in [0.2, 0.25) is 0 Å². The molecule has 0 saturated carbocycles. The fraction of sp³-hybridized carbons (Fsp3) is 0. The molecule has 0 unspecified atom stereocenters. The summed E-state index contributed by atoms with van der Waals surface area (Å²) in [5.41, 5.74) is 12.7. The molecule has 0 N–H and O–H groups in total. The van der Waals surface area contributed by atoms with E-state index < -0.39 is 0 Å². The summed E-state index contributed by atoms with van der Waals surface area (Å²) >= 11 is 0. The van der Waals surface area contributed by atoms with Crippen molar-refractivity contribution in [3.63, 3.8) is 0 Å². The van der Waals surface area contributed by atoms with E-state index in [1.165, 1.54) is 49.5 Å². The number of anilines is 3. The predicted octanol–water partition coefficient (Wildman–Crippen LogP) is 14.2. The molecule has 0 aromatic heterocycles. The molecular weight excluding hydrogens is 631 g/mol. The zero-order valence-corrected chi connectivity index (χ0v) is 28.4. The van der Waals surface area contributed by atoms with Crippen LogP contribution in [0.25, 0.3) is 66.1 Å². The molecule has 0 fully saturated rings. The minimum atomic E-state index is 0.893. The highest BCUT2D eigenvalue weighted by Gasteiger charge is 2.22. The Balaban J connectivity index is 1.12. The summed E-state index contributed by atoms with van der Waals surface area (Å²) in [5.74, 6) is 1.80. The first-order chi connectivity index (χ1) is 25.8. The Labute approximate surface area is 303 Å². The molecule has 0 radical (unpaired) electrons. The standard InChI is InChI=1S/C50H33NO/c1-2-13-36(14-3-1)44-19-6-8-21-47(44)51(42-28-26-35(27-29-42)39-25-24-34-12-4-5-15-37(34)30-39)43-18-10-16-38(32-43)41-31-40-17-11-23-49-50(40)46(33-41)45-20-7-9-22-48(45)52-49/h1-33H. The Hall–Kier alpha value is -6.90. The fourth-order valence-corrected chi connectivity index (χ4v) is 7.71. The van der Waals surface area contributed by atoms with Crippen molar-refractivity contribution in [2.75, 3.05) is 4.90 Å². The fourth-order valence-electron chi connectivity index (χ4n) is 7.71. The summed E-state index contributed by atoms with van der Waals surface area (Å²) in [7, 11) is 0. The Kier molecular flexibility index (Phi) is 7.18. The van der Waals surface area contributed by atoms with Gasteiger partial charge in [-0.1, -0.05) is 140 Å². The lowest BCUT2D eigenvalue weighted by Gasteiger charge is -2.28. The predicted molar refractivity (Wildman–Crippen MR) is 218 cm³/mol. The number of ether oxygens (including phenoxy) is 1. The maximum Gasteiger partial charge on any atom is 0.135 e. The van der Waals surface area contributed by atoms with Gasteiger partial charge in [-0.2, -0.15) is 0 Å². The van der Waals surface area contributed by atoms with Crippen molar-refractivity contribution in [2.45, 2.75) is 0 Å². The minimum absolute atomic E-state index is 0.893. The van der Waals surface area contributed by atoms with Gasteiger partial charge in [0.25, 0.3) is 0 Å². The van der Waals surface area contributed by atoms with E-state index in [4.69, 9.17) is 4.74 Å². The number of hydrogen-bond acceptors (Lipinski definition) is 2. The molecule has 1 heterocycles. The van der Waals surface area contributed by atoms with Gasteiger partial charge in [-0.15, -0.1) is 0 Å². The van der Waals surface area contributed by atoms with Crippen molar-refractivity contribution >= 4 is 38.6 Å². The van der Waals surface area contributed by atoms with Crippen LogP contribution in [0.15, 0.2) is 200 Å². The molecule has 0 saturated heterocycles. The van der Waals surface area contributed by atoms with Gasteiger partial charge in [0.15, 0.2) is 0 Å². The number of hydrogen-bond donors (Lipinski definition) is 0. The normalized spacial score (nSPS) is 11.6. The third-order valence-corrected chi connectivity index (χ3v) is 10.2. The third-order valence-electron chi connectivity index (χ3n) is 10.2. The maximum atomic E-state index is 6.34. The zero-order valence-electron chi connectivity index (χ0n) is 28.4. The number of benzene rings is 9. The smallest absolute Gasteiger partial charge is 0.135 e. The maximum absolute atomic E-state index is 6.34. The van der Waals surface area contributed by atoms with Crippen LogP contribution in [0.5, 0.6) is 11.5 Å². The lowest BCUT2D eigenvalue weighted by molar-refractivity contribution is 0.487.